The van der Waals surface area contributed by atoms with Gasteiger partial charge in [-0.3, -0.25) is 4.79 Å². The van der Waals surface area contributed by atoms with Gasteiger partial charge < -0.3 is 9.67 Å². The van der Waals surface area contributed by atoms with E-state index in [9.17, 15) is 9.59 Å². The molecule has 7 nitrogen and oxygen atoms in total. The lowest BCUT2D eigenvalue weighted by Crippen LogP contribution is -2.14. The van der Waals surface area contributed by atoms with Crippen LogP contribution in [0, 0.1) is 0 Å². The number of pyridine rings is 1. The van der Waals surface area contributed by atoms with Gasteiger partial charge in [-0.05, 0) is 18.2 Å². The van der Waals surface area contributed by atoms with Crippen molar-refractivity contribution in [2.75, 3.05) is 0 Å². The van der Waals surface area contributed by atoms with Crippen molar-refractivity contribution in [3.05, 3.63) is 52.7 Å². The maximum Gasteiger partial charge on any atom is 0.356 e. The Hall–Kier alpha value is -2.96. The van der Waals surface area contributed by atoms with Gasteiger partial charge in [0, 0.05) is 24.9 Å². The Balaban J connectivity index is 2.14. The first kappa shape index (κ1) is 12.1. The summed E-state index contributed by atoms with van der Waals surface area (Å²) < 4.78 is 2.85. The summed E-state index contributed by atoms with van der Waals surface area (Å²) >= 11 is 0. The van der Waals surface area contributed by atoms with Gasteiger partial charge >= 0.3 is 5.97 Å². The zero-order valence-electron chi connectivity index (χ0n) is 10.5. The Morgan fingerprint density at radius 2 is 2.10 bits per heavy atom. The number of aromatic carboxylic acids is 1. The van der Waals surface area contributed by atoms with Crippen molar-refractivity contribution in [1.82, 2.24) is 19.2 Å². The normalized spacial score (nSPS) is 10.8. The van der Waals surface area contributed by atoms with E-state index in [-0.39, 0.29) is 11.3 Å². The number of carboxylic acids is 1. The minimum absolute atomic E-state index is 0.0707. The van der Waals surface area contributed by atoms with E-state index in [4.69, 9.17) is 5.11 Å². The molecule has 3 heterocycles. The molecule has 7 heteroatoms. The summed E-state index contributed by atoms with van der Waals surface area (Å²) in [6.45, 7) is 0. The Labute approximate surface area is 112 Å². The summed E-state index contributed by atoms with van der Waals surface area (Å²) in [6, 6.07) is 6.60. The van der Waals surface area contributed by atoms with E-state index in [0.717, 1.165) is 0 Å². The molecule has 3 rings (SSSR count). The highest BCUT2D eigenvalue weighted by molar-refractivity contribution is 5.86. The molecule has 1 N–H and O–H groups in total. The van der Waals surface area contributed by atoms with Crippen molar-refractivity contribution < 1.29 is 9.90 Å². The fraction of sp³-hybridized carbons (Fsp3) is 0.0769. The molecule has 0 aromatic carbocycles. The average Bonchev–Trinajstić information content (AvgIpc) is 2.85. The topological polar surface area (TPSA) is 89.5 Å². The second-order valence-corrected chi connectivity index (χ2v) is 4.32. The van der Waals surface area contributed by atoms with Gasteiger partial charge in [-0.1, -0.05) is 0 Å². The molecular formula is C13H10N4O3. The number of nitrogens with zero attached hydrogens (tertiary/aromatic N) is 4. The van der Waals surface area contributed by atoms with Crippen LogP contribution in [0.4, 0.5) is 0 Å². The quantitative estimate of drug-likeness (QED) is 0.743. The van der Waals surface area contributed by atoms with Crippen LogP contribution in [0.2, 0.25) is 0 Å². The molecule has 0 aliphatic carbocycles. The highest BCUT2D eigenvalue weighted by Crippen LogP contribution is 2.15. The Morgan fingerprint density at radius 1 is 1.30 bits per heavy atom. The largest absolute Gasteiger partial charge is 0.476 e. The van der Waals surface area contributed by atoms with E-state index in [1.807, 2.05) is 0 Å². The van der Waals surface area contributed by atoms with Crippen LogP contribution in [0.5, 0.6) is 0 Å². The molecule has 0 fully saturated rings. The molecule has 0 saturated heterocycles. The van der Waals surface area contributed by atoms with Crippen molar-refractivity contribution in [3.8, 4) is 11.3 Å². The molecule has 0 amide bonds. The Kier molecular flexibility index (Phi) is 2.60. The molecule has 20 heavy (non-hydrogen) atoms. The first-order valence-electron chi connectivity index (χ1n) is 5.81. The minimum atomic E-state index is -1.11. The van der Waals surface area contributed by atoms with Crippen LogP contribution in [-0.4, -0.2) is 30.2 Å². The molecule has 0 atom stereocenters. The third-order valence-corrected chi connectivity index (χ3v) is 2.94. The summed E-state index contributed by atoms with van der Waals surface area (Å²) in [6.07, 6.45) is 2.99. The van der Waals surface area contributed by atoms with Gasteiger partial charge in [0.1, 0.15) is 0 Å². The third-order valence-electron chi connectivity index (χ3n) is 2.94. The van der Waals surface area contributed by atoms with Crippen LogP contribution < -0.4 is 5.56 Å². The Bertz CT molecular complexity index is 879. The zero-order chi connectivity index (χ0) is 14.3. The lowest BCUT2D eigenvalue weighted by atomic mass is 10.2. The molecule has 3 aromatic heterocycles. The molecule has 0 aliphatic rings. The predicted octanol–water partition coefficient (Wildman–Crippen LogP) is 0.793. The summed E-state index contributed by atoms with van der Waals surface area (Å²) in [5, 5.41) is 13.2. The minimum Gasteiger partial charge on any atom is -0.476 e. The molecule has 0 aliphatic heterocycles. The Morgan fingerprint density at radius 3 is 2.80 bits per heavy atom. The summed E-state index contributed by atoms with van der Waals surface area (Å²) in [5.41, 5.74) is 1.47. The maximum atomic E-state index is 11.6. The molecular weight excluding hydrogens is 260 g/mol. The van der Waals surface area contributed by atoms with E-state index in [2.05, 4.69) is 10.1 Å². The number of aromatic nitrogens is 4. The molecule has 0 unspecified atom stereocenters. The molecule has 0 saturated carbocycles. The van der Waals surface area contributed by atoms with Crippen LogP contribution >= 0.6 is 0 Å². The highest BCUT2D eigenvalue weighted by atomic mass is 16.4. The monoisotopic (exact) mass is 270 g/mol. The van der Waals surface area contributed by atoms with Crippen molar-refractivity contribution >= 4 is 11.6 Å². The second-order valence-electron chi connectivity index (χ2n) is 4.32. The molecule has 100 valence electrons. The fourth-order valence-corrected chi connectivity index (χ4v) is 1.85. The number of hydrogen-bond donors (Lipinski definition) is 1. The lowest BCUT2D eigenvalue weighted by molar-refractivity contribution is 0.0691. The summed E-state index contributed by atoms with van der Waals surface area (Å²) in [4.78, 5) is 26.4. The van der Waals surface area contributed by atoms with Crippen molar-refractivity contribution in [2.45, 2.75) is 0 Å². The van der Waals surface area contributed by atoms with Crippen LogP contribution in [0.3, 0.4) is 0 Å². The average molecular weight is 270 g/mol. The number of fused-ring (bicyclic) bond motifs is 1. The standard InChI is InChI=1S/C13H10N4O3/c1-16-5-4-8(6-12(16)18)9-2-3-11-14-10(13(19)20)7-17(11)15-9/h2-7H,1H3,(H,19,20). The van der Waals surface area contributed by atoms with Crippen LogP contribution in [0.1, 0.15) is 10.5 Å². The van der Waals surface area contributed by atoms with Gasteiger partial charge in [0.2, 0.25) is 0 Å². The number of carboxylic acid groups (broad SMARTS) is 1. The van der Waals surface area contributed by atoms with Gasteiger partial charge in [0.05, 0.1) is 11.9 Å². The summed E-state index contributed by atoms with van der Waals surface area (Å²) in [5.74, 6) is -1.11. The number of aryl methyl sites for hydroxylation is 1. The van der Waals surface area contributed by atoms with Gasteiger partial charge in [-0.25, -0.2) is 14.3 Å². The third kappa shape index (κ3) is 1.95. The zero-order valence-corrected chi connectivity index (χ0v) is 10.5. The van der Waals surface area contributed by atoms with Crippen LogP contribution in [-0.2, 0) is 7.05 Å². The number of imidazole rings is 1. The van der Waals surface area contributed by atoms with Crippen LogP contribution in [0.25, 0.3) is 16.9 Å². The van der Waals surface area contributed by atoms with Gasteiger partial charge in [-0.15, -0.1) is 0 Å². The smallest absolute Gasteiger partial charge is 0.356 e. The van der Waals surface area contributed by atoms with Crippen molar-refractivity contribution in [2.24, 2.45) is 7.05 Å². The SMILES string of the molecule is Cn1ccc(-c2ccc3nc(C(=O)O)cn3n2)cc1=O. The summed E-state index contributed by atoms with van der Waals surface area (Å²) in [7, 11) is 1.66. The van der Waals surface area contributed by atoms with E-state index in [1.165, 1.54) is 21.3 Å². The van der Waals surface area contributed by atoms with Crippen LogP contribution in [0.15, 0.2) is 41.5 Å². The highest BCUT2D eigenvalue weighted by Gasteiger charge is 2.10. The van der Waals surface area contributed by atoms with Crippen molar-refractivity contribution in [3.63, 3.8) is 0 Å². The number of rotatable bonds is 2. The number of carbonyl (C=O) groups is 1. The molecule has 3 aromatic rings. The molecule has 0 radical (unpaired) electrons. The van der Waals surface area contributed by atoms with E-state index in [0.29, 0.717) is 16.9 Å². The maximum absolute atomic E-state index is 11.6. The van der Waals surface area contributed by atoms with Crippen molar-refractivity contribution in [1.29, 1.82) is 0 Å². The van der Waals surface area contributed by atoms with E-state index >= 15 is 0 Å². The fourth-order valence-electron chi connectivity index (χ4n) is 1.85. The van der Waals surface area contributed by atoms with Gasteiger partial charge in [0.25, 0.3) is 5.56 Å². The van der Waals surface area contributed by atoms with E-state index < -0.39 is 5.97 Å². The number of hydrogen-bond acceptors (Lipinski definition) is 4. The van der Waals surface area contributed by atoms with Gasteiger partial charge in [-0.2, -0.15) is 5.10 Å². The molecule has 0 bridgehead atoms. The predicted molar refractivity (Wildman–Crippen MR) is 70.6 cm³/mol. The van der Waals surface area contributed by atoms with Gasteiger partial charge in [0.15, 0.2) is 11.3 Å². The second kappa shape index (κ2) is 4.30. The first-order valence-corrected chi connectivity index (χ1v) is 5.81. The molecule has 0 spiro atoms. The van der Waals surface area contributed by atoms with E-state index in [1.54, 1.807) is 31.4 Å². The first-order chi connectivity index (χ1) is 9.54. The lowest BCUT2D eigenvalue weighted by Gasteiger charge is -2.02.